The van der Waals surface area contributed by atoms with E-state index in [2.05, 4.69) is 0 Å². The van der Waals surface area contributed by atoms with Crippen molar-refractivity contribution in [1.82, 2.24) is 0 Å². The predicted molar refractivity (Wildman–Crippen MR) is 83.2 cm³/mol. The third kappa shape index (κ3) is 3.26. The number of halogens is 2. The average Bonchev–Trinajstić information content (AvgIpc) is 2.42. The monoisotopic (exact) mass is 309 g/mol. The van der Waals surface area contributed by atoms with E-state index in [0.717, 1.165) is 12.0 Å². The first-order chi connectivity index (χ1) is 9.51. The average molecular weight is 310 g/mol. The number of rotatable bonds is 4. The van der Waals surface area contributed by atoms with Gasteiger partial charge in [0.15, 0.2) is 11.6 Å². The van der Waals surface area contributed by atoms with Crippen molar-refractivity contribution in [3.63, 3.8) is 0 Å². The summed E-state index contributed by atoms with van der Waals surface area (Å²) in [6, 6.07) is 9.61. The molecular formula is C15H13ClFNOS. The van der Waals surface area contributed by atoms with Crippen molar-refractivity contribution in [1.29, 1.82) is 0 Å². The van der Waals surface area contributed by atoms with Gasteiger partial charge in [-0.1, -0.05) is 30.7 Å². The normalized spacial score (nSPS) is 10.3. The van der Waals surface area contributed by atoms with Crippen LogP contribution in [-0.4, -0.2) is 4.99 Å². The van der Waals surface area contributed by atoms with Crippen molar-refractivity contribution in [2.45, 2.75) is 13.3 Å². The van der Waals surface area contributed by atoms with Gasteiger partial charge in [0.25, 0.3) is 0 Å². The van der Waals surface area contributed by atoms with Crippen LogP contribution in [0.3, 0.4) is 0 Å². The first kappa shape index (κ1) is 14.8. The Bertz CT molecular complexity index is 660. The number of aryl methyl sites for hydroxylation is 1. The van der Waals surface area contributed by atoms with E-state index in [1.165, 1.54) is 12.1 Å². The molecule has 104 valence electrons. The summed E-state index contributed by atoms with van der Waals surface area (Å²) < 4.78 is 19.4. The van der Waals surface area contributed by atoms with Gasteiger partial charge in [0.1, 0.15) is 10.7 Å². The molecular weight excluding hydrogens is 297 g/mol. The van der Waals surface area contributed by atoms with Crippen LogP contribution in [0.25, 0.3) is 0 Å². The summed E-state index contributed by atoms with van der Waals surface area (Å²) in [4.78, 5) is 0.148. The van der Waals surface area contributed by atoms with Crippen LogP contribution in [0, 0.1) is 5.82 Å². The molecule has 0 spiro atoms. The highest BCUT2D eigenvalue weighted by Gasteiger charge is 2.08. The Hall–Kier alpha value is -1.65. The van der Waals surface area contributed by atoms with Gasteiger partial charge in [0.05, 0.1) is 0 Å². The minimum absolute atomic E-state index is 0.120. The van der Waals surface area contributed by atoms with Gasteiger partial charge in [-0.3, -0.25) is 0 Å². The summed E-state index contributed by atoms with van der Waals surface area (Å²) in [7, 11) is 0. The molecule has 2 aromatic carbocycles. The molecule has 0 radical (unpaired) electrons. The summed E-state index contributed by atoms with van der Waals surface area (Å²) in [6.07, 6.45) is 0.777. The fraction of sp³-hybridized carbons (Fsp3) is 0.133. The second-order valence-corrected chi connectivity index (χ2v) is 5.07. The third-order valence-corrected chi connectivity index (χ3v) is 3.45. The molecule has 0 saturated heterocycles. The zero-order chi connectivity index (χ0) is 14.7. The second-order valence-electron chi connectivity index (χ2n) is 4.22. The van der Waals surface area contributed by atoms with Gasteiger partial charge in [-0.05, 0) is 48.4 Å². The maximum absolute atomic E-state index is 13.9. The molecule has 0 amide bonds. The van der Waals surface area contributed by atoms with E-state index in [9.17, 15) is 4.39 Å². The lowest BCUT2D eigenvalue weighted by Gasteiger charge is -2.10. The van der Waals surface area contributed by atoms with Crippen LogP contribution in [0.5, 0.6) is 11.5 Å². The van der Waals surface area contributed by atoms with Crippen LogP contribution in [0.4, 0.5) is 4.39 Å². The lowest BCUT2D eigenvalue weighted by atomic mass is 10.1. The lowest BCUT2D eigenvalue weighted by molar-refractivity contribution is 0.442. The van der Waals surface area contributed by atoms with E-state index < -0.39 is 5.82 Å². The number of hydrogen-bond donors (Lipinski definition) is 1. The van der Waals surface area contributed by atoms with Crippen LogP contribution in [0.1, 0.15) is 18.1 Å². The number of hydrogen-bond acceptors (Lipinski definition) is 2. The van der Waals surface area contributed by atoms with E-state index in [0.29, 0.717) is 16.3 Å². The summed E-state index contributed by atoms with van der Waals surface area (Å²) >= 11 is 10.8. The minimum Gasteiger partial charge on any atom is -0.454 e. The molecule has 2 rings (SSSR count). The minimum atomic E-state index is -0.511. The van der Waals surface area contributed by atoms with E-state index >= 15 is 0 Å². The molecule has 0 fully saturated rings. The predicted octanol–water partition coefficient (Wildman–Crippen LogP) is 4.47. The highest BCUT2D eigenvalue weighted by atomic mass is 35.5. The molecule has 0 aliphatic carbocycles. The zero-order valence-corrected chi connectivity index (χ0v) is 12.4. The summed E-state index contributed by atoms with van der Waals surface area (Å²) in [5, 5.41) is 0.671. The standard InChI is InChI=1S/C15H13ClFNOS/c1-2-9-7-11(4-5-12(9)16)19-14-6-3-10(15(18)20)8-13(14)17/h3-8H,2H2,1H3,(H2,18,20). The lowest BCUT2D eigenvalue weighted by Crippen LogP contribution is -2.09. The van der Waals surface area contributed by atoms with Crippen molar-refractivity contribution >= 4 is 28.8 Å². The van der Waals surface area contributed by atoms with Gasteiger partial charge in [-0.2, -0.15) is 0 Å². The largest absolute Gasteiger partial charge is 0.454 e. The Morgan fingerprint density at radius 2 is 2.05 bits per heavy atom. The number of benzene rings is 2. The maximum Gasteiger partial charge on any atom is 0.166 e. The summed E-state index contributed by atoms with van der Waals surface area (Å²) in [5.74, 6) is 0.144. The fourth-order valence-electron chi connectivity index (χ4n) is 1.75. The Kier molecular flexibility index (Phi) is 4.57. The van der Waals surface area contributed by atoms with E-state index in [1.807, 2.05) is 6.92 Å². The molecule has 0 aliphatic rings. The Balaban J connectivity index is 2.28. The molecule has 5 heteroatoms. The second kappa shape index (κ2) is 6.20. The van der Waals surface area contributed by atoms with Crippen molar-refractivity contribution in [3.05, 3.63) is 58.4 Å². The molecule has 0 aliphatic heterocycles. The topological polar surface area (TPSA) is 35.2 Å². The van der Waals surface area contributed by atoms with E-state index in [1.54, 1.807) is 24.3 Å². The van der Waals surface area contributed by atoms with Crippen molar-refractivity contribution in [2.24, 2.45) is 5.73 Å². The van der Waals surface area contributed by atoms with Gasteiger partial charge in [-0.15, -0.1) is 0 Å². The molecule has 2 aromatic rings. The van der Waals surface area contributed by atoms with Gasteiger partial charge in [-0.25, -0.2) is 4.39 Å². The van der Waals surface area contributed by atoms with E-state index in [-0.39, 0.29) is 10.7 Å². The number of thiocarbonyl (C=S) groups is 1. The molecule has 0 heterocycles. The fourth-order valence-corrected chi connectivity index (χ4v) is 2.13. The Morgan fingerprint density at radius 1 is 1.30 bits per heavy atom. The molecule has 2 N–H and O–H groups in total. The van der Waals surface area contributed by atoms with Gasteiger partial charge in [0.2, 0.25) is 0 Å². The quantitative estimate of drug-likeness (QED) is 0.846. The van der Waals surface area contributed by atoms with Gasteiger partial charge >= 0.3 is 0 Å². The highest BCUT2D eigenvalue weighted by molar-refractivity contribution is 7.80. The van der Waals surface area contributed by atoms with Crippen molar-refractivity contribution in [3.8, 4) is 11.5 Å². The summed E-state index contributed by atoms with van der Waals surface area (Å²) in [6.45, 7) is 1.99. The molecule has 0 bridgehead atoms. The van der Waals surface area contributed by atoms with E-state index in [4.69, 9.17) is 34.3 Å². The highest BCUT2D eigenvalue weighted by Crippen LogP contribution is 2.28. The first-order valence-electron chi connectivity index (χ1n) is 6.07. The third-order valence-electron chi connectivity index (χ3n) is 2.84. The molecule has 0 aromatic heterocycles. The van der Waals surface area contributed by atoms with Crippen LogP contribution in [-0.2, 0) is 6.42 Å². The van der Waals surface area contributed by atoms with Crippen molar-refractivity contribution < 1.29 is 9.13 Å². The Morgan fingerprint density at radius 3 is 2.65 bits per heavy atom. The molecule has 0 saturated carbocycles. The number of nitrogens with two attached hydrogens (primary N) is 1. The summed E-state index contributed by atoms with van der Waals surface area (Å²) in [5.41, 5.74) is 6.87. The maximum atomic E-state index is 13.9. The Labute approximate surface area is 127 Å². The number of ether oxygens (including phenoxy) is 1. The van der Waals surface area contributed by atoms with Crippen LogP contribution in [0.2, 0.25) is 5.02 Å². The van der Waals surface area contributed by atoms with Crippen molar-refractivity contribution in [2.75, 3.05) is 0 Å². The van der Waals surface area contributed by atoms with Gasteiger partial charge in [0, 0.05) is 10.6 Å². The zero-order valence-electron chi connectivity index (χ0n) is 10.8. The SMILES string of the molecule is CCc1cc(Oc2ccc(C(N)=S)cc2F)ccc1Cl. The molecule has 20 heavy (non-hydrogen) atoms. The molecule has 0 unspecified atom stereocenters. The van der Waals surface area contributed by atoms with Crippen LogP contribution < -0.4 is 10.5 Å². The molecule has 2 nitrogen and oxygen atoms in total. The van der Waals surface area contributed by atoms with Gasteiger partial charge < -0.3 is 10.5 Å². The molecule has 0 atom stereocenters. The first-order valence-corrected chi connectivity index (χ1v) is 6.85. The smallest absolute Gasteiger partial charge is 0.166 e. The van der Waals surface area contributed by atoms with Crippen LogP contribution in [0.15, 0.2) is 36.4 Å². The van der Waals surface area contributed by atoms with Crippen LogP contribution >= 0.6 is 23.8 Å².